The molecular weight excluding hydrogens is 466 g/mol. The first-order valence-corrected chi connectivity index (χ1v) is 12.2. The Balaban J connectivity index is 1.87. The van der Waals surface area contributed by atoms with Gasteiger partial charge in [0, 0.05) is 19.6 Å². The first kappa shape index (κ1) is 26.9. The molecule has 8 N–H and O–H groups in total. The van der Waals surface area contributed by atoms with Gasteiger partial charge < -0.3 is 32.5 Å². The largest absolute Gasteiger partial charge is 0.480 e. The summed E-state index contributed by atoms with van der Waals surface area (Å²) < 4.78 is 26.9. The molecule has 1 aromatic rings. The van der Waals surface area contributed by atoms with Gasteiger partial charge in [0.15, 0.2) is 5.96 Å². The van der Waals surface area contributed by atoms with E-state index in [9.17, 15) is 27.9 Å². The van der Waals surface area contributed by atoms with Crippen molar-refractivity contribution in [1.82, 2.24) is 20.3 Å². The minimum absolute atomic E-state index is 0.00847. The highest BCUT2D eigenvalue weighted by molar-refractivity contribution is 7.89. The fourth-order valence-electron chi connectivity index (χ4n) is 3.39. The van der Waals surface area contributed by atoms with Gasteiger partial charge in [-0.25, -0.2) is 18.0 Å². The first-order valence-electron chi connectivity index (χ1n) is 10.8. The van der Waals surface area contributed by atoms with Gasteiger partial charge >= 0.3 is 12.0 Å². The maximum Gasteiger partial charge on any atom is 0.328 e. The van der Waals surface area contributed by atoms with Crippen LogP contribution in [-0.2, 0) is 19.6 Å². The van der Waals surface area contributed by atoms with Gasteiger partial charge in [-0.05, 0) is 37.8 Å². The standard InChI is InChI=1S/C20H31N7O6S/c21-19(22)23-10-4-5-11-24-20(31)25-13-15(18(29)30)26-17(28)16-9-6-12-27(16)34(32,33)14-7-2-1-3-8-14/h1-3,7-8,15-16H,4-6,9-13H2,(H,26,28)(H,29,30)(H4,21,22,23)(H2,24,25,31)/t15-,16-/m1/s1. The Morgan fingerprint density at radius 2 is 1.85 bits per heavy atom. The average Bonchev–Trinajstić information content (AvgIpc) is 3.30. The fraction of sp³-hybridized carbons (Fsp3) is 0.500. The molecule has 0 bridgehead atoms. The molecule has 0 aromatic heterocycles. The zero-order valence-corrected chi connectivity index (χ0v) is 19.5. The van der Waals surface area contributed by atoms with E-state index in [1.165, 1.54) is 12.1 Å². The van der Waals surface area contributed by atoms with E-state index in [1.54, 1.807) is 18.2 Å². The van der Waals surface area contributed by atoms with E-state index in [0.717, 1.165) is 4.31 Å². The summed E-state index contributed by atoms with van der Waals surface area (Å²) in [5, 5.41) is 16.7. The molecule has 2 rings (SSSR count). The highest BCUT2D eigenvalue weighted by atomic mass is 32.2. The minimum Gasteiger partial charge on any atom is -0.480 e. The maximum absolute atomic E-state index is 12.9. The third kappa shape index (κ3) is 7.88. The van der Waals surface area contributed by atoms with Crippen LogP contribution in [-0.4, -0.2) is 80.0 Å². The predicted molar refractivity (Wildman–Crippen MR) is 124 cm³/mol. The van der Waals surface area contributed by atoms with Crippen molar-refractivity contribution >= 4 is 33.9 Å². The number of rotatable bonds is 12. The minimum atomic E-state index is -3.91. The number of carbonyl (C=O) groups excluding carboxylic acids is 2. The summed E-state index contributed by atoms with van der Waals surface area (Å²) >= 11 is 0. The fourth-order valence-corrected chi connectivity index (χ4v) is 5.07. The summed E-state index contributed by atoms with van der Waals surface area (Å²) in [6.45, 7) is 0.525. The number of carboxylic acid groups (broad SMARTS) is 1. The molecule has 1 aliphatic rings. The van der Waals surface area contributed by atoms with E-state index >= 15 is 0 Å². The number of hydrogen-bond acceptors (Lipinski definition) is 6. The SMILES string of the molecule is NC(N)=NCCCCNC(=O)NC[C@@H](NC(=O)[C@H]1CCCN1S(=O)(=O)c1ccccc1)C(=O)O. The predicted octanol–water partition coefficient (Wildman–Crippen LogP) is -1.24. The number of unbranched alkanes of at least 4 members (excludes halogenated alkanes) is 1. The lowest BCUT2D eigenvalue weighted by molar-refractivity contribution is -0.142. The van der Waals surface area contributed by atoms with Crippen molar-refractivity contribution in [1.29, 1.82) is 0 Å². The van der Waals surface area contributed by atoms with Crippen molar-refractivity contribution in [2.75, 3.05) is 26.2 Å². The Bertz CT molecular complexity index is 982. The molecule has 0 saturated carbocycles. The smallest absolute Gasteiger partial charge is 0.328 e. The molecule has 0 spiro atoms. The van der Waals surface area contributed by atoms with Crippen LogP contribution in [0, 0.1) is 0 Å². The number of aliphatic carboxylic acids is 1. The van der Waals surface area contributed by atoms with Crippen LogP contribution in [0.5, 0.6) is 0 Å². The first-order chi connectivity index (χ1) is 16.1. The second-order valence-corrected chi connectivity index (χ2v) is 9.53. The third-order valence-electron chi connectivity index (χ3n) is 5.10. The van der Waals surface area contributed by atoms with Crippen LogP contribution in [0.1, 0.15) is 25.7 Å². The van der Waals surface area contributed by atoms with E-state index in [0.29, 0.717) is 32.4 Å². The third-order valence-corrected chi connectivity index (χ3v) is 7.02. The number of hydrogen-bond donors (Lipinski definition) is 6. The van der Waals surface area contributed by atoms with Gasteiger partial charge in [-0.3, -0.25) is 9.79 Å². The van der Waals surface area contributed by atoms with Gasteiger partial charge in [0.1, 0.15) is 12.1 Å². The number of carboxylic acids is 1. The normalized spacial score (nSPS) is 16.9. The number of nitrogens with one attached hydrogen (secondary N) is 3. The Kier molecular flexibility index (Phi) is 10.1. The molecule has 14 heteroatoms. The van der Waals surface area contributed by atoms with Crippen LogP contribution in [0.2, 0.25) is 0 Å². The zero-order valence-electron chi connectivity index (χ0n) is 18.6. The summed E-state index contributed by atoms with van der Waals surface area (Å²) in [5.74, 6) is -2.10. The van der Waals surface area contributed by atoms with Gasteiger partial charge in [0.05, 0.1) is 11.4 Å². The van der Waals surface area contributed by atoms with Crippen LogP contribution < -0.4 is 27.4 Å². The molecule has 1 fully saturated rings. The molecule has 1 heterocycles. The van der Waals surface area contributed by atoms with E-state index < -0.39 is 40.0 Å². The highest BCUT2D eigenvalue weighted by Gasteiger charge is 2.40. The summed E-state index contributed by atoms with van der Waals surface area (Å²) in [7, 11) is -3.91. The van der Waals surface area contributed by atoms with Crippen molar-refractivity contribution < 1.29 is 27.9 Å². The van der Waals surface area contributed by atoms with Crippen molar-refractivity contribution in [3.63, 3.8) is 0 Å². The van der Waals surface area contributed by atoms with Crippen LogP contribution in [0.4, 0.5) is 4.79 Å². The Morgan fingerprint density at radius 1 is 1.15 bits per heavy atom. The number of carbonyl (C=O) groups is 3. The van der Waals surface area contributed by atoms with Gasteiger partial charge in [-0.2, -0.15) is 4.31 Å². The number of aliphatic imine (C=N–C) groups is 1. The molecule has 188 valence electrons. The molecule has 1 saturated heterocycles. The highest BCUT2D eigenvalue weighted by Crippen LogP contribution is 2.26. The number of sulfonamides is 1. The van der Waals surface area contributed by atoms with Crippen LogP contribution in [0.25, 0.3) is 0 Å². The number of urea groups is 1. The lowest BCUT2D eigenvalue weighted by Gasteiger charge is -2.25. The van der Waals surface area contributed by atoms with Crippen LogP contribution >= 0.6 is 0 Å². The van der Waals surface area contributed by atoms with Crippen LogP contribution in [0.3, 0.4) is 0 Å². The van der Waals surface area contributed by atoms with E-state index in [2.05, 4.69) is 20.9 Å². The number of amides is 3. The second kappa shape index (κ2) is 12.7. The van der Waals surface area contributed by atoms with E-state index in [4.69, 9.17) is 11.5 Å². The maximum atomic E-state index is 12.9. The second-order valence-electron chi connectivity index (χ2n) is 7.64. The molecule has 0 radical (unpaired) electrons. The summed E-state index contributed by atoms with van der Waals surface area (Å²) in [6, 6.07) is 4.65. The number of nitrogens with two attached hydrogens (primary N) is 2. The Morgan fingerprint density at radius 3 is 2.50 bits per heavy atom. The summed E-state index contributed by atoms with van der Waals surface area (Å²) in [4.78, 5) is 40.2. The molecule has 0 unspecified atom stereocenters. The molecule has 13 nitrogen and oxygen atoms in total. The van der Waals surface area contributed by atoms with Gasteiger partial charge in [-0.15, -0.1) is 0 Å². The molecular formula is C20H31N7O6S. The molecule has 3 amide bonds. The van der Waals surface area contributed by atoms with Crippen LogP contribution in [0.15, 0.2) is 40.2 Å². The Labute approximate surface area is 198 Å². The number of guanidine groups is 1. The van der Waals surface area contributed by atoms with Gasteiger partial charge in [0.25, 0.3) is 0 Å². The number of benzene rings is 1. The van der Waals surface area contributed by atoms with Gasteiger partial charge in [0.2, 0.25) is 15.9 Å². The number of nitrogens with zero attached hydrogens (tertiary/aromatic N) is 2. The van der Waals surface area contributed by atoms with E-state index in [1.807, 2.05) is 0 Å². The monoisotopic (exact) mass is 497 g/mol. The van der Waals surface area contributed by atoms with Crippen molar-refractivity contribution in [3.05, 3.63) is 30.3 Å². The molecule has 1 aromatic carbocycles. The topological polar surface area (TPSA) is 209 Å². The molecule has 0 aliphatic carbocycles. The average molecular weight is 498 g/mol. The molecule has 1 aliphatic heterocycles. The molecule has 34 heavy (non-hydrogen) atoms. The Hall–Kier alpha value is -3.39. The zero-order chi connectivity index (χ0) is 25.1. The lowest BCUT2D eigenvalue weighted by atomic mass is 10.2. The quantitative estimate of drug-likeness (QED) is 0.117. The summed E-state index contributed by atoms with van der Waals surface area (Å²) in [6.07, 6.45) is 1.98. The summed E-state index contributed by atoms with van der Waals surface area (Å²) in [5.41, 5.74) is 10.4. The van der Waals surface area contributed by atoms with Crippen molar-refractivity contribution in [2.24, 2.45) is 16.5 Å². The van der Waals surface area contributed by atoms with E-state index in [-0.39, 0.29) is 30.4 Å². The van der Waals surface area contributed by atoms with Crippen molar-refractivity contribution in [3.8, 4) is 0 Å². The molecule has 2 atom stereocenters. The van der Waals surface area contributed by atoms with Crippen molar-refractivity contribution in [2.45, 2.75) is 42.7 Å². The lowest BCUT2D eigenvalue weighted by Crippen LogP contribution is -2.54. The van der Waals surface area contributed by atoms with Gasteiger partial charge in [-0.1, -0.05) is 18.2 Å².